The lowest BCUT2D eigenvalue weighted by molar-refractivity contribution is 0.240. The third-order valence-corrected chi connectivity index (χ3v) is 2.73. The Morgan fingerprint density at radius 1 is 1.67 bits per heavy atom. The van der Waals surface area contributed by atoms with Gasteiger partial charge in [-0.3, -0.25) is 10.7 Å². The second-order valence-electron chi connectivity index (χ2n) is 3.47. The fourth-order valence-electron chi connectivity index (χ4n) is 1.35. The minimum absolute atomic E-state index is 0.261. The van der Waals surface area contributed by atoms with Gasteiger partial charge in [-0.05, 0) is 12.8 Å². The predicted octanol–water partition coefficient (Wildman–Crippen LogP) is 1.08. The van der Waals surface area contributed by atoms with Gasteiger partial charge < -0.3 is 5.32 Å². The minimum atomic E-state index is -0.494. The number of rotatable bonds is 2. The van der Waals surface area contributed by atoms with E-state index < -0.39 is 5.54 Å². The maximum atomic E-state index is 10.9. The number of hydrogen-bond donors (Lipinski definition) is 3. The van der Waals surface area contributed by atoms with Crippen LogP contribution in [0.2, 0.25) is 0 Å². The first kappa shape index (κ1) is 9.03. The molecule has 0 aromatic heterocycles. The summed E-state index contributed by atoms with van der Waals surface area (Å²) in [5.74, 6) is 0.561. The highest BCUT2D eigenvalue weighted by Crippen LogP contribution is 2.23. The third kappa shape index (κ3) is 1.17. The molecule has 0 radical (unpaired) electrons. The van der Waals surface area contributed by atoms with Crippen molar-refractivity contribution in [3.05, 3.63) is 0 Å². The first-order chi connectivity index (χ1) is 5.50. The van der Waals surface area contributed by atoms with Crippen LogP contribution in [0.5, 0.6) is 0 Å². The zero-order valence-corrected chi connectivity index (χ0v) is 7.69. The summed E-state index contributed by atoms with van der Waals surface area (Å²) >= 11 is 0. The van der Waals surface area contributed by atoms with Gasteiger partial charge in [-0.1, -0.05) is 20.3 Å². The van der Waals surface area contributed by atoms with E-state index in [2.05, 4.69) is 10.6 Å². The molecule has 0 spiro atoms. The average molecular weight is 169 g/mol. The van der Waals surface area contributed by atoms with Crippen molar-refractivity contribution in [1.82, 2.24) is 10.6 Å². The fourth-order valence-corrected chi connectivity index (χ4v) is 1.35. The Bertz CT molecular complexity index is 226. The van der Waals surface area contributed by atoms with Crippen molar-refractivity contribution in [3.63, 3.8) is 0 Å². The molecule has 0 aromatic carbocycles. The SMILES string of the molecule is CCC(C)C1(C)NC(=O)NC1=N. The molecule has 2 unspecified atom stereocenters. The van der Waals surface area contributed by atoms with Gasteiger partial charge in [0.05, 0.1) is 5.54 Å². The Hall–Kier alpha value is -1.06. The molecule has 3 N–H and O–H groups in total. The minimum Gasteiger partial charge on any atom is -0.325 e. The Balaban J connectivity index is 2.84. The Morgan fingerprint density at radius 2 is 2.25 bits per heavy atom. The van der Waals surface area contributed by atoms with Crippen LogP contribution in [0.1, 0.15) is 27.2 Å². The lowest BCUT2D eigenvalue weighted by atomic mass is 9.85. The molecule has 1 rings (SSSR count). The van der Waals surface area contributed by atoms with E-state index in [9.17, 15) is 4.79 Å². The van der Waals surface area contributed by atoms with E-state index in [0.717, 1.165) is 6.42 Å². The van der Waals surface area contributed by atoms with Gasteiger partial charge in [0.2, 0.25) is 0 Å². The zero-order chi connectivity index (χ0) is 9.35. The summed E-state index contributed by atoms with van der Waals surface area (Å²) in [6.07, 6.45) is 0.945. The monoisotopic (exact) mass is 169 g/mol. The van der Waals surface area contributed by atoms with Gasteiger partial charge in [-0.2, -0.15) is 0 Å². The molecule has 0 aliphatic carbocycles. The van der Waals surface area contributed by atoms with Crippen molar-refractivity contribution in [1.29, 1.82) is 5.41 Å². The molecule has 0 bridgehead atoms. The lowest BCUT2D eigenvalue weighted by Gasteiger charge is -2.28. The second-order valence-corrected chi connectivity index (χ2v) is 3.47. The maximum Gasteiger partial charge on any atom is 0.321 e. The van der Waals surface area contributed by atoms with Crippen LogP contribution in [0, 0.1) is 11.3 Å². The summed E-state index contributed by atoms with van der Waals surface area (Å²) < 4.78 is 0. The number of nitrogens with one attached hydrogen (secondary N) is 3. The van der Waals surface area contributed by atoms with Crippen LogP contribution < -0.4 is 10.6 Å². The van der Waals surface area contributed by atoms with Crippen molar-refractivity contribution < 1.29 is 4.79 Å². The van der Waals surface area contributed by atoms with Crippen LogP contribution in [-0.2, 0) is 0 Å². The maximum absolute atomic E-state index is 10.9. The van der Waals surface area contributed by atoms with E-state index in [4.69, 9.17) is 5.41 Å². The molecule has 1 aliphatic heterocycles. The molecule has 2 amide bonds. The van der Waals surface area contributed by atoms with Crippen molar-refractivity contribution in [2.24, 2.45) is 5.92 Å². The van der Waals surface area contributed by atoms with E-state index in [1.54, 1.807) is 0 Å². The molecule has 12 heavy (non-hydrogen) atoms. The highest BCUT2D eigenvalue weighted by Gasteiger charge is 2.42. The summed E-state index contributed by atoms with van der Waals surface area (Å²) in [5, 5.41) is 12.8. The quantitative estimate of drug-likeness (QED) is 0.569. The molecule has 68 valence electrons. The summed E-state index contributed by atoms with van der Waals surface area (Å²) in [4.78, 5) is 10.9. The largest absolute Gasteiger partial charge is 0.325 e. The van der Waals surface area contributed by atoms with E-state index in [1.807, 2.05) is 20.8 Å². The Labute approximate surface area is 72.2 Å². The molecule has 4 nitrogen and oxygen atoms in total. The second kappa shape index (κ2) is 2.77. The number of carbonyl (C=O) groups excluding carboxylic acids is 1. The van der Waals surface area contributed by atoms with Crippen molar-refractivity contribution in [2.75, 3.05) is 0 Å². The Morgan fingerprint density at radius 3 is 2.58 bits per heavy atom. The fraction of sp³-hybridized carbons (Fsp3) is 0.750. The van der Waals surface area contributed by atoms with Crippen molar-refractivity contribution in [3.8, 4) is 0 Å². The van der Waals surface area contributed by atoms with Crippen molar-refractivity contribution >= 4 is 11.9 Å². The van der Waals surface area contributed by atoms with Gasteiger partial charge in [-0.15, -0.1) is 0 Å². The standard InChI is InChI=1S/C8H15N3O/c1-4-5(2)8(3)6(9)10-7(12)11-8/h5H,4H2,1-3H3,(H3,9,10,11,12). The normalized spacial score (nSPS) is 31.2. The highest BCUT2D eigenvalue weighted by molar-refractivity contribution is 6.08. The van der Waals surface area contributed by atoms with E-state index >= 15 is 0 Å². The van der Waals surface area contributed by atoms with Gasteiger partial charge in [0.25, 0.3) is 0 Å². The van der Waals surface area contributed by atoms with Gasteiger partial charge in [0, 0.05) is 0 Å². The first-order valence-corrected chi connectivity index (χ1v) is 4.19. The van der Waals surface area contributed by atoms with Gasteiger partial charge in [-0.25, -0.2) is 4.79 Å². The average Bonchev–Trinajstić information content (AvgIpc) is 2.26. The van der Waals surface area contributed by atoms with E-state index in [0.29, 0.717) is 0 Å². The third-order valence-electron chi connectivity index (χ3n) is 2.73. The molecular weight excluding hydrogens is 154 g/mol. The van der Waals surface area contributed by atoms with Crippen LogP contribution in [0.25, 0.3) is 0 Å². The molecule has 1 aliphatic rings. The molecule has 1 heterocycles. The molecule has 0 aromatic rings. The van der Waals surface area contributed by atoms with Crippen LogP contribution >= 0.6 is 0 Å². The zero-order valence-electron chi connectivity index (χ0n) is 7.69. The molecule has 0 saturated carbocycles. The van der Waals surface area contributed by atoms with Crippen molar-refractivity contribution in [2.45, 2.75) is 32.7 Å². The summed E-state index contributed by atoms with van der Waals surface area (Å²) in [5.41, 5.74) is -0.494. The topological polar surface area (TPSA) is 65.0 Å². The van der Waals surface area contributed by atoms with Crippen LogP contribution in [-0.4, -0.2) is 17.4 Å². The Kier molecular flexibility index (Phi) is 2.08. The summed E-state index contributed by atoms with van der Waals surface area (Å²) in [6.45, 7) is 5.96. The van der Waals surface area contributed by atoms with E-state index in [1.165, 1.54) is 0 Å². The van der Waals surface area contributed by atoms with Gasteiger partial charge in [0.15, 0.2) is 0 Å². The number of amides is 2. The summed E-state index contributed by atoms with van der Waals surface area (Å²) in [7, 11) is 0. The van der Waals surface area contributed by atoms with Gasteiger partial charge in [0.1, 0.15) is 5.84 Å². The number of hydrogen-bond acceptors (Lipinski definition) is 2. The number of amidine groups is 1. The molecular formula is C8H15N3O. The van der Waals surface area contributed by atoms with Crippen LogP contribution in [0.4, 0.5) is 4.79 Å². The van der Waals surface area contributed by atoms with Gasteiger partial charge >= 0.3 is 6.03 Å². The highest BCUT2D eigenvalue weighted by atomic mass is 16.2. The lowest BCUT2D eigenvalue weighted by Crippen LogP contribution is -2.48. The molecule has 1 fully saturated rings. The smallest absolute Gasteiger partial charge is 0.321 e. The first-order valence-electron chi connectivity index (χ1n) is 4.19. The van der Waals surface area contributed by atoms with E-state index in [-0.39, 0.29) is 17.8 Å². The molecule has 4 heteroatoms. The number of urea groups is 1. The van der Waals surface area contributed by atoms with Crippen LogP contribution in [0.3, 0.4) is 0 Å². The molecule has 1 saturated heterocycles. The molecule has 2 atom stereocenters. The number of carbonyl (C=O) groups is 1. The summed E-state index contributed by atoms with van der Waals surface area (Å²) in [6, 6.07) is -0.261. The predicted molar refractivity (Wildman–Crippen MR) is 47.3 cm³/mol. The van der Waals surface area contributed by atoms with Crippen LogP contribution in [0.15, 0.2) is 0 Å².